The molecule has 1 N–H and O–H groups in total. The van der Waals surface area contributed by atoms with Crippen LogP contribution in [-0.2, 0) is 14.3 Å². The van der Waals surface area contributed by atoms with Crippen LogP contribution in [0.4, 0.5) is 4.79 Å². The van der Waals surface area contributed by atoms with Gasteiger partial charge in [-0.25, -0.2) is 9.59 Å². The molecule has 0 radical (unpaired) electrons. The summed E-state index contributed by atoms with van der Waals surface area (Å²) in [5, 5.41) is 8.14. The Balaban J connectivity index is 2.91. The van der Waals surface area contributed by atoms with Crippen LogP contribution >= 0.6 is 0 Å². The van der Waals surface area contributed by atoms with E-state index in [1.54, 1.807) is 20.8 Å². The van der Waals surface area contributed by atoms with Gasteiger partial charge < -0.3 is 14.9 Å². The normalized spacial score (nSPS) is 21.0. The molecule has 1 aliphatic heterocycles. The summed E-state index contributed by atoms with van der Waals surface area (Å²) in [6.07, 6.45) is 1.53. The summed E-state index contributed by atoms with van der Waals surface area (Å²) in [5.41, 5.74) is -0.670. The molecule has 0 spiro atoms. The molecule has 0 unspecified atom stereocenters. The number of carbonyl (C=O) groups is 2. The smallest absolute Gasteiger partial charge is 0.411 e. The molecule has 0 bridgehead atoms. The number of nitrogens with zero attached hydrogens (tertiary/aromatic N) is 1. The predicted molar refractivity (Wildman–Crippen MR) is 88.7 cm³/mol. The van der Waals surface area contributed by atoms with Gasteiger partial charge >= 0.3 is 12.1 Å². The Morgan fingerprint density at radius 3 is 2.48 bits per heavy atom. The van der Waals surface area contributed by atoms with Gasteiger partial charge in [-0.2, -0.15) is 0 Å². The van der Waals surface area contributed by atoms with E-state index in [0.717, 1.165) is 12.8 Å². The van der Waals surface area contributed by atoms with Gasteiger partial charge in [0.1, 0.15) is 11.6 Å². The van der Waals surface area contributed by atoms with E-state index in [-0.39, 0.29) is 6.54 Å². The van der Waals surface area contributed by atoms with Crippen LogP contribution in [0.3, 0.4) is 0 Å². The number of amides is 1. The molecular weight excluding hydrogens is 296 g/mol. The molecule has 0 aromatic heterocycles. The Labute approximate surface area is 139 Å². The van der Waals surface area contributed by atoms with Gasteiger partial charge in [0, 0.05) is 11.1 Å². The van der Waals surface area contributed by atoms with Crippen molar-refractivity contribution in [1.29, 1.82) is 5.41 Å². The van der Waals surface area contributed by atoms with Gasteiger partial charge in [-0.3, -0.25) is 4.90 Å². The van der Waals surface area contributed by atoms with Gasteiger partial charge in [0.05, 0.1) is 13.2 Å². The number of hydrogen-bond acceptors (Lipinski definition) is 5. The lowest BCUT2D eigenvalue weighted by atomic mass is 9.77. The molecule has 1 amide bonds. The first-order valence-corrected chi connectivity index (χ1v) is 8.22. The molecule has 6 nitrogen and oxygen atoms in total. The highest BCUT2D eigenvalue weighted by Crippen LogP contribution is 2.33. The summed E-state index contributed by atoms with van der Waals surface area (Å²) in [7, 11) is 0. The van der Waals surface area contributed by atoms with Crippen molar-refractivity contribution in [2.45, 2.75) is 72.4 Å². The summed E-state index contributed by atoms with van der Waals surface area (Å²) in [6, 6.07) is -0.703. The number of likely N-dealkylation sites (tertiary alicyclic amines) is 1. The molecule has 1 saturated heterocycles. The molecule has 0 aromatic carbocycles. The molecule has 0 aliphatic carbocycles. The summed E-state index contributed by atoms with van der Waals surface area (Å²) >= 11 is 0. The Morgan fingerprint density at radius 2 is 1.96 bits per heavy atom. The van der Waals surface area contributed by atoms with Gasteiger partial charge in [-0.1, -0.05) is 27.2 Å². The first kappa shape index (κ1) is 19.5. The second-order valence-electron chi connectivity index (χ2n) is 7.71. The van der Waals surface area contributed by atoms with E-state index in [2.05, 4.69) is 0 Å². The molecule has 23 heavy (non-hydrogen) atoms. The largest absolute Gasteiger partial charge is 0.464 e. The lowest BCUT2D eigenvalue weighted by molar-refractivity contribution is -0.151. The molecular formula is C17H30N2O4. The minimum atomic E-state index is -0.703. The number of nitrogens with one attached hydrogen (secondary N) is 1. The van der Waals surface area contributed by atoms with E-state index in [0.29, 0.717) is 18.7 Å². The van der Waals surface area contributed by atoms with Crippen LogP contribution in [-0.4, -0.2) is 47.5 Å². The molecule has 0 saturated carbocycles. The van der Waals surface area contributed by atoms with Crippen LogP contribution in [0.5, 0.6) is 0 Å². The fourth-order valence-electron chi connectivity index (χ4n) is 2.35. The maximum absolute atomic E-state index is 12.4. The molecule has 1 rings (SSSR count). The third kappa shape index (κ3) is 5.52. The second-order valence-corrected chi connectivity index (χ2v) is 7.71. The van der Waals surface area contributed by atoms with E-state index < -0.39 is 29.1 Å². The maximum atomic E-state index is 12.4. The third-order valence-corrected chi connectivity index (χ3v) is 3.87. The molecule has 1 aliphatic rings. The lowest BCUT2D eigenvalue weighted by Crippen LogP contribution is -2.57. The van der Waals surface area contributed by atoms with Crippen LogP contribution < -0.4 is 0 Å². The minimum absolute atomic E-state index is 0.0927. The number of unbranched alkanes of at least 4 members (excludes halogenated alkanes) is 1. The number of rotatable bonds is 4. The summed E-state index contributed by atoms with van der Waals surface area (Å²) in [4.78, 5) is 26.1. The quantitative estimate of drug-likeness (QED) is 0.634. The Kier molecular flexibility index (Phi) is 6.19. The predicted octanol–water partition coefficient (Wildman–Crippen LogP) is 3.39. The third-order valence-electron chi connectivity index (χ3n) is 3.87. The van der Waals surface area contributed by atoms with Crippen LogP contribution in [0.25, 0.3) is 0 Å². The van der Waals surface area contributed by atoms with E-state index in [1.165, 1.54) is 4.90 Å². The van der Waals surface area contributed by atoms with Crippen molar-refractivity contribution in [1.82, 2.24) is 4.90 Å². The number of carbonyl (C=O) groups excluding carboxylic acids is 2. The zero-order valence-electron chi connectivity index (χ0n) is 15.2. The highest BCUT2D eigenvalue weighted by Gasteiger charge is 2.44. The summed E-state index contributed by atoms with van der Waals surface area (Å²) in [6.45, 7) is 11.6. The zero-order chi connectivity index (χ0) is 17.8. The molecule has 1 atom stereocenters. The van der Waals surface area contributed by atoms with Crippen molar-refractivity contribution in [3.63, 3.8) is 0 Å². The van der Waals surface area contributed by atoms with Crippen LogP contribution in [0.15, 0.2) is 0 Å². The van der Waals surface area contributed by atoms with Crippen molar-refractivity contribution >= 4 is 17.8 Å². The van der Waals surface area contributed by atoms with Crippen molar-refractivity contribution in [2.24, 2.45) is 5.41 Å². The zero-order valence-corrected chi connectivity index (χ0v) is 15.2. The van der Waals surface area contributed by atoms with Crippen LogP contribution in [0.2, 0.25) is 0 Å². The minimum Gasteiger partial charge on any atom is -0.464 e. The van der Waals surface area contributed by atoms with Crippen molar-refractivity contribution in [2.75, 3.05) is 13.2 Å². The monoisotopic (exact) mass is 326 g/mol. The van der Waals surface area contributed by atoms with E-state index >= 15 is 0 Å². The first-order valence-electron chi connectivity index (χ1n) is 8.22. The highest BCUT2D eigenvalue weighted by atomic mass is 16.6. The standard InChI is InChI=1S/C17H30N2O4/c1-7-8-9-22-14(20)12-10-17(5,6)13(18)11-19(12)15(21)23-16(2,3)4/h12,18H,7-11H2,1-6H3/t12-/m0/s1. The summed E-state index contributed by atoms with van der Waals surface area (Å²) < 4.78 is 10.7. The SMILES string of the molecule is CCCCOC(=O)[C@@H]1CC(C)(C)C(=N)CN1C(=O)OC(C)(C)C. The molecule has 6 heteroatoms. The van der Waals surface area contributed by atoms with E-state index in [9.17, 15) is 9.59 Å². The highest BCUT2D eigenvalue weighted by molar-refractivity contribution is 5.95. The van der Waals surface area contributed by atoms with Crippen molar-refractivity contribution < 1.29 is 19.1 Å². The van der Waals surface area contributed by atoms with Crippen LogP contribution in [0, 0.1) is 10.8 Å². The fraction of sp³-hybridized carbons (Fsp3) is 0.824. The average Bonchev–Trinajstić information content (AvgIpc) is 2.39. The topological polar surface area (TPSA) is 79.7 Å². The lowest BCUT2D eigenvalue weighted by Gasteiger charge is -2.42. The molecule has 1 fully saturated rings. The van der Waals surface area contributed by atoms with E-state index in [4.69, 9.17) is 14.9 Å². The second kappa shape index (κ2) is 7.32. The number of piperidine rings is 1. The van der Waals surface area contributed by atoms with Gasteiger partial charge in [0.25, 0.3) is 0 Å². The average molecular weight is 326 g/mol. The molecule has 1 heterocycles. The van der Waals surface area contributed by atoms with Crippen molar-refractivity contribution in [3.8, 4) is 0 Å². The van der Waals surface area contributed by atoms with E-state index in [1.807, 2.05) is 20.8 Å². The van der Waals surface area contributed by atoms with Crippen LogP contribution in [0.1, 0.15) is 60.8 Å². The van der Waals surface area contributed by atoms with Gasteiger partial charge in [0.15, 0.2) is 0 Å². The molecule has 132 valence electrons. The van der Waals surface area contributed by atoms with Gasteiger partial charge in [-0.05, 0) is 33.6 Å². The Morgan fingerprint density at radius 1 is 1.35 bits per heavy atom. The Bertz CT molecular complexity index is 466. The van der Waals surface area contributed by atoms with Gasteiger partial charge in [-0.15, -0.1) is 0 Å². The first-order chi connectivity index (χ1) is 10.5. The summed E-state index contributed by atoms with van der Waals surface area (Å²) in [5.74, 6) is -0.412. The Hall–Kier alpha value is -1.59. The number of ether oxygens (including phenoxy) is 2. The fourth-order valence-corrected chi connectivity index (χ4v) is 2.35. The number of esters is 1. The van der Waals surface area contributed by atoms with Gasteiger partial charge in [0.2, 0.25) is 0 Å². The maximum Gasteiger partial charge on any atom is 0.411 e. The molecule has 0 aromatic rings. The number of hydrogen-bond donors (Lipinski definition) is 1. The van der Waals surface area contributed by atoms with Crippen molar-refractivity contribution in [3.05, 3.63) is 0 Å².